The standard InChI is InChI=1S/C35H59NO5/c1-3-5-7-9-11-13-15-17-19-21-26-32(38)36-28-35(29-37)30-24-23-25-31(33(30)34(39)41-35)40-27-22-20-18-16-14-12-10-8-6-4-2/h23-25,37H,3-22,26-29H2,1-2H3,(H,36,38)/t35-/m0/s1. The molecule has 1 atom stereocenters. The highest BCUT2D eigenvalue weighted by atomic mass is 16.6. The first-order valence-electron chi connectivity index (χ1n) is 16.9. The van der Waals surface area contributed by atoms with Crippen molar-refractivity contribution in [1.82, 2.24) is 5.32 Å². The molecule has 0 unspecified atom stereocenters. The van der Waals surface area contributed by atoms with Gasteiger partial charge in [-0.05, 0) is 18.9 Å². The van der Waals surface area contributed by atoms with Crippen LogP contribution in [0.15, 0.2) is 18.2 Å². The molecule has 1 aromatic rings. The summed E-state index contributed by atoms with van der Waals surface area (Å²) < 4.78 is 11.7. The molecule has 0 radical (unpaired) electrons. The highest BCUT2D eigenvalue weighted by Crippen LogP contribution is 2.40. The van der Waals surface area contributed by atoms with Gasteiger partial charge in [-0.1, -0.05) is 142 Å². The first kappa shape index (κ1) is 35.1. The van der Waals surface area contributed by atoms with E-state index in [2.05, 4.69) is 19.2 Å². The molecule has 0 aromatic heterocycles. The van der Waals surface area contributed by atoms with E-state index in [1.807, 2.05) is 6.07 Å². The molecule has 41 heavy (non-hydrogen) atoms. The highest BCUT2D eigenvalue weighted by molar-refractivity contribution is 5.98. The van der Waals surface area contributed by atoms with Crippen molar-refractivity contribution < 1.29 is 24.2 Å². The van der Waals surface area contributed by atoms with Crippen molar-refractivity contribution in [1.29, 1.82) is 0 Å². The average molecular weight is 574 g/mol. The summed E-state index contributed by atoms with van der Waals surface area (Å²) >= 11 is 0. The third-order valence-electron chi connectivity index (χ3n) is 8.35. The minimum absolute atomic E-state index is 0.0563. The second-order valence-electron chi connectivity index (χ2n) is 12.0. The van der Waals surface area contributed by atoms with Gasteiger partial charge in [0.25, 0.3) is 0 Å². The quantitative estimate of drug-likeness (QED) is 0.0855. The number of unbranched alkanes of at least 4 members (excludes halogenated alkanes) is 18. The zero-order valence-electron chi connectivity index (χ0n) is 26.3. The Morgan fingerprint density at radius 2 is 1.29 bits per heavy atom. The SMILES string of the molecule is CCCCCCCCCCCCOc1cccc2c1C(=O)O[C@]2(CO)CNC(=O)CCCCCCCCCCCC. The third kappa shape index (κ3) is 13.2. The van der Waals surface area contributed by atoms with Crippen molar-refractivity contribution in [2.24, 2.45) is 0 Å². The molecule has 1 aliphatic rings. The first-order valence-corrected chi connectivity index (χ1v) is 16.9. The summed E-state index contributed by atoms with van der Waals surface area (Å²) in [7, 11) is 0. The number of amides is 1. The summed E-state index contributed by atoms with van der Waals surface area (Å²) in [5.41, 5.74) is -0.307. The van der Waals surface area contributed by atoms with Gasteiger partial charge in [0.1, 0.15) is 11.3 Å². The van der Waals surface area contributed by atoms with Gasteiger partial charge in [0.15, 0.2) is 5.60 Å². The minimum Gasteiger partial charge on any atom is -0.493 e. The lowest BCUT2D eigenvalue weighted by atomic mass is 9.92. The van der Waals surface area contributed by atoms with Crippen LogP contribution in [0.25, 0.3) is 0 Å². The van der Waals surface area contributed by atoms with Gasteiger partial charge in [-0.2, -0.15) is 0 Å². The third-order valence-corrected chi connectivity index (χ3v) is 8.35. The number of ether oxygens (including phenoxy) is 2. The molecule has 6 heteroatoms. The lowest BCUT2D eigenvalue weighted by molar-refractivity contribution is -0.123. The van der Waals surface area contributed by atoms with Gasteiger partial charge in [0.05, 0.1) is 19.8 Å². The maximum Gasteiger partial charge on any atom is 0.343 e. The Labute approximate surface area is 250 Å². The number of fused-ring (bicyclic) bond motifs is 1. The molecule has 0 fully saturated rings. The van der Waals surface area contributed by atoms with E-state index in [0.29, 0.717) is 29.9 Å². The highest BCUT2D eigenvalue weighted by Gasteiger charge is 2.47. The van der Waals surface area contributed by atoms with Gasteiger partial charge in [0, 0.05) is 12.0 Å². The zero-order valence-corrected chi connectivity index (χ0v) is 26.3. The molecule has 2 rings (SSSR count). The molecular formula is C35H59NO5. The summed E-state index contributed by atoms with van der Waals surface area (Å²) in [6.45, 7) is 4.69. The van der Waals surface area contributed by atoms with E-state index in [-0.39, 0.29) is 12.5 Å². The fourth-order valence-electron chi connectivity index (χ4n) is 5.70. The van der Waals surface area contributed by atoms with Crippen LogP contribution >= 0.6 is 0 Å². The summed E-state index contributed by atoms with van der Waals surface area (Å²) in [6.07, 6.45) is 25.2. The molecule has 0 saturated heterocycles. The van der Waals surface area contributed by atoms with Gasteiger partial charge in [-0.15, -0.1) is 0 Å². The first-order chi connectivity index (χ1) is 20.1. The van der Waals surface area contributed by atoms with Gasteiger partial charge >= 0.3 is 5.97 Å². The van der Waals surface area contributed by atoms with E-state index in [0.717, 1.165) is 32.1 Å². The largest absolute Gasteiger partial charge is 0.493 e. The number of carbonyl (C=O) groups excluding carboxylic acids is 2. The lowest BCUT2D eigenvalue weighted by Crippen LogP contribution is -2.43. The van der Waals surface area contributed by atoms with Crippen molar-refractivity contribution in [3.63, 3.8) is 0 Å². The van der Waals surface area contributed by atoms with E-state index < -0.39 is 18.2 Å². The number of rotatable bonds is 26. The van der Waals surface area contributed by atoms with Crippen molar-refractivity contribution >= 4 is 11.9 Å². The smallest absolute Gasteiger partial charge is 0.343 e. The number of hydrogen-bond acceptors (Lipinski definition) is 5. The summed E-state index contributed by atoms with van der Waals surface area (Å²) in [5, 5.41) is 13.2. The number of benzene rings is 1. The number of esters is 1. The Hall–Kier alpha value is -2.08. The fourth-order valence-corrected chi connectivity index (χ4v) is 5.70. The summed E-state index contributed by atoms with van der Waals surface area (Å²) in [6, 6.07) is 5.40. The zero-order chi connectivity index (χ0) is 29.6. The normalized spacial score (nSPS) is 16.0. The van der Waals surface area contributed by atoms with Crippen LogP contribution in [0, 0.1) is 0 Å². The van der Waals surface area contributed by atoms with E-state index in [1.54, 1.807) is 12.1 Å². The molecule has 1 heterocycles. The van der Waals surface area contributed by atoms with Crippen LogP contribution in [0.4, 0.5) is 0 Å². The number of cyclic esters (lactones) is 1. The molecule has 6 nitrogen and oxygen atoms in total. The minimum atomic E-state index is -1.27. The molecule has 2 N–H and O–H groups in total. The second kappa shape index (κ2) is 21.6. The fraction of sp³-hybridized carbons (Fsp3) is 0.771. The molecule has 1 aliphatic heterocycles. The molecule has 1 amide bonds. The van der Waals surface area contributed by atoms with E-state index in [4.69, 9.17) is 9.47 Å². The average Bonchev–Trinajstić information content (AvgIpc) is 3.28. The Morgan fingerprint density at radius 1 is 0.780 bits per heavy atom. The van der Waals surface area contributed by atoms with Gasteiger partial charge in [0.2, 0.25) is 5.91 Å². The van der Waals surface area contributed by atoms with Gasteiger partial charge < -0.3 is 19.9 Å². The number of aliphatic hydroxyl groups excluding tert-OH is 1. The van der Waals surface area contributed by atoms with Crippen LogP contribution in [-0.2, 0) is 15.1 Å². The van der Waals surface area contributed by atoms with Crippen LogP contribution < -0.4 is 10.1 Å². The molecule has 0 saturated carbocycles. The van der Waals surface area contributed by atoms with Crippen molar-refractivity contribution in [3.8, 4) is 5.75 Å². The van der Waals surface area contributed by atoms with Crippen molar-refractivity contribution in [2.75, 3.05) is 19.8 Å². The van der Waals surface area contributed by atoms with Crippen LogP contribution in [-0.4, -0.2) is 36.7 Å². The van der Waals surface area contributed by atoms with Crippen LogP contribution in [0.5, 0.6) is 5.75 Å². The maximum absolute atomic E-state index is 12.9. The molecular weight excluding hydrogens is 514 g/mol. The van der Waals surface area contributed by atoms with Gasteiger partial charge in [-0.25, -0.2) is 4.79 Å². The maximum atomic E-state index is 12.9. The molecule has 1 aromatic carbocycles. The van der Waals surface area contributed by atoms with E-state index in [9.17, 15) is 14.7 Å². The Morgan fingerprint density at radius 3 is 1.83 bits per heavy atom. The summed E-state index contributed by atoms with van der Waals surface area (Å²) in [4.78, 5) is 25.4. The van der Waals surface area contributed by atoms with Crippen LogP contribution in [0.1, 0.15) is 165 Å². The second-order valence-corrected chi connectivity index (χ2v) is 12.0. The molecule has 0 aliphatic carbocycles. The lowest BCUT2D eigenvalue weighted by Gasteiger charge is -2.27. The Bertz CT molecular complexity index is 857. The Balaban J connectivity index is 1.69. The molecule has 0 spiro atoms. The van der Waals surface area contributed by atoms with Gasteiger partial charge in [-0.3, -0.25) is 4.79 Å². The predicted octanol–water partition coefficient (Wildman–Crippen LogP) is 8.77. The van der Waals surface area contributed by atoms with Crippen molar-refractivity contribution in [2.45, 2.75) is 154 Å². The predicted molar refractivity (Wildman–Crippen MR) is 167 cm³/mol. The number of carbonyl (C=O) groups is 2. The summed E-state index contributed by atoms with van der Waals surface area (Å²) in [5.74, 6) is -0.0811. The van der Waals surface area contributed by atoms with Crippen LogP contribution in [0.2, 0.25) is 0 Å². The van der Waals surface area contributed by atoms with Crippen molar-refractivity contribution in [3.05, 3.63) is 29.3 Å². The van der Waals surface area contributed by atoms with E-state index in [1.165, 1.54) is 96.3 Å². The topological polar surface area (TPSA) is 84.9 Å². The number of hydrogen-bond donors (Lipinski definition) is 2. The molecule has 0 bridgehead atoms. The number of nitrogens with one attached hydrogen (secondary N) is 1. The monoisotopic (exact) mass is 573 g/mol. The molecule has 234 valence electrons. The Kier molecular flexibility index (Phi) is 18.5. The van der Waals surface area contributed by atoms with E-state index >= 15 is 0 Å². The number of aliphatic hydroxyl groups is 1. The van der Waals surface area contributed by atoms with Crippen LogP contribution in [0.3, 0.4) is 0 Å².